The van der Waals surface area contributed by atoms with Crippen molar-refractivity contribution in [3.05, 3.63) is 12.1 Å². The second-order valence-corrected chi connectivity index (χ2v) is 5.12. The van der Waals surface area contributed by atoms with Crippen LogP contribution in [0.25, 0.3) is 0 Å². The number of likely N-dealkylation sites (N-methyl/N-ethyl adjacent to an activating group) is 1. The number of nitrogens with two attached hydrogens (primary N) is 1. The normalized spacial score (nSPS) is 17.3. The summed E-state index contributed by atoms with van der Waals surface area (Å²) >= 11 is 0. The van der Waals surface area contributed by atoms with Gasteiger partial charge in [-0.1, -0.05) is 0 Å². The van der Waals surface area contributed by atoms with E-state index < -0.39 is 0 Å². The fourth-order valence-electron chi connectivity index (χ4n) is 2.32. The lowest BCUT2D eigenvalue weighted by Crippen LogP contribution is -2.54. The summed E-state index contributed by atoms with van der Waals surface area (Å²) in [6, 6.07) is 3.59. The van der Waals surface area contributed by atoms with Crippen molar-refractivity contribution in [3.8, 4) is 5.88 Å². The minimum absolute atomic E-state index is 0.247. The molecule has 3 N–H and O–H groups in total. The second kappa shape index (κ2) is 5.02. The number of pyridine rings is 1. The maximum Gasteiger partial charge on any atom is 0.215 e. The summed E-state index contributed by atoms with van der Waals surface area (Å²) in [5.74, 6) is 1.29. The smallest absolute Gasteiger partial charge is 0.215 e. The molecule has 1 fully saturated rings. The Balaban J connectivity index is 2.05. The average molecular weight is 250 g/mol. The van der Waals surface area contributed by atoms with Crippen LogP contribution in [0.2, 0.25) is 0 Å². The van der Waals surface area contributed by atoms with Gasteiger partial charge in [-0.2, -0.15) is 4.98 Å². The molecule has 5 heteroatoms. The molecular weight excluding hydrogens is 228 g/mol. The van der Waals surface area contributed by atoms with Crippen molar-refractivity contribution < 1.29 is 4.74 Å². The lowest BCUT2D eigenvalue weighted by atomic mass is 9.75. The molecule has 0 spiro atoms. The van der Waals surface area contributed by atoms with Gasteiger partial charge in [0.15, 0.2) is 5.82 Å². The van der Waals surface area contributed by atoms with Crippen molar-refractivity contribution >= 4 is 11.5 Å². The zero-order valence-corrected chi connectivity index (χ0v) is 11.4. The largest absolute Gasteiger partial charge is 0.481 e. The van der Waals surface area contributed by atoms with E-state index in [1.54, 1.807) is 13.2 Å². The molecule has 100 valence electrons. The third-order valence-electron chi connectivity index (χ3n) is 3.93. The first-order valence-electron chi connectivity index (χ1n) is 6.29. The number of hydrogen-bond donors (Lipinski definition) is 2. The fraction of sp³-hybridized carbons (Fsp3) is 0.615. The van der Waals surface area contributed by atoms with Crippen LogP contribution in [0.3, 0.4) is 0 Å². The average Bonchev–Trinajstić information content (AvgIpc) is 2.29. The van der Waals surface area contributed by atoms with Crippen molar-refractivity contribution in [2.45, 2.75) is 24.8 Å². The van der Waals surface area contributed by atoms with Gasteiger partial charge in [-0.05, 0) is 39.4 Å². The molecule has 5 nitrogen and oxygen atoms in total. The van der Waals surface area contributed by atoms with Crippen LogP contribution in [0.4, 0.5) is 11.5 Å². The highest BCUT2D eigenvalue weighted by Gasteiger charge is 2.38. The SMILES string of the molecule is COc1ccc(N)c(NCC2(N(C)C)CCC2)n1. The third-order valence-corrected chi connectivity index (χ3v) is 3.93. The molecule has 1 heterocycles. The topological polar surface area (TPSA) is 63.4 Å². The van der Waals surface area contributed by atoms with Crippen LogP contribution in [-0.2, 0) is 0 Å². The van der Waals surface area contributed by atoms with E-state index in [4.69, 9.17) is 10.5 Å². The van der Waals surface area contributed by atoms with Crippen LogP contribution in [0.1, 0.15) is 19.3 Å². The van der Waals surface area contributed by atoms with Crippen molar-refractivity contribution in [2.75, 3.05) is 38.8 Å². The van der Waals surface area contributed by atoms with Gasteiger partial charge in [0.2, 0.25) is 5.88 Å². The Morgan fingerprint density at radius 3 is 2.67 bits per heavy atom. The number of hydrogen-bond acceptors (Lipinski definition) is 5. The molecule has 0 saturated heterocycles. The van der Waals surface area contributed by atoms with Crippen LogP contribution < -0.4 is 15.8 Å². The summed E-state index contributed by atoms with van der Waals surface area (Å²) in [5.41, 5.74) is 6.82. The van der Waals surface area contributed by atoms with Crippen molar-refractivity contribution in [1.82, 2.24) is 9.88 Å². The van der Waals surface area contributed by atoms with Crippen molar-refractivity contribution in [3.63, 3.8) is 0 Å². The maximum absolute atomic E-state index is 5.91. The molecule has 1 saturated carbocycles. The van der Waals surface area contributed by atoms with Crippen molar-refractivity contribution in [1.29, 1.82) is 0 Å². The lowest BCUT2D eigenvalue weighted by molar-refractivity contribution is 0.0738. The zero-order chi connectivity index (χ0) is 13.2. The van der Waals surface area contributed by atoms with E-state index in [9.17, 15) is 0 Å². The molecule has 2 rings (SSSR count). The Labute approximate surface area is 108 Å². The number of nitrogens with zero attached hydrogens (tertiary/aromatic N) is 2. The Morgan fingerprint density at radius 1 is 1.44 bits per heavy atom. The van der Waals surface area contributed by atoms with Gasteiger partial charge >= 0.3 is 0 Å². The minimum Gasteiger partial charge on any atom is -0.481 e. The van der Waals surface area contributed by atoms with Gasteiger partial charge in [0.25, 0.3) is 0 Å². The molecule has 18 heavy (non-hydrogen) atoms. The first kappa shape index (κ1) is 13.0. The first-order valence-corrected chi connectivity index (χ1v) is 6.29. The van der Waals surface area contributed by atoms with Gasteiger partial charge < -0.3 is 20.7 Å². The predicted octanol–water partition coefficient (Wildman–Crippen LogP) is 1.57. The molecule has 0 bridgehead atoms. The van der Waals surface area contributed by atoms with Crippen LogP contribution in [0.15, 0.2) is 12.1 Å². The highest BCUT2D eigenvalue weighted by molar-refractivity contribution is 5.62. The molecule has 0 aromatic carbocycles. The van der Waals surface area contributed by atoms with Gasteiger partial charge in [0, 0.05) is 18.2 Å². The fourth-order valence-corrected chi connectivity index (χ4v) is 2.32. The second-order valence-electron chi connectivity index (χ2n) is 5.12. The number of ether oxygens (including phenoxy) is 1. The van der Waals surface area contributed by atoms with E-state index in [0.717, 1.165) is 6.54 Å². The highest BCUT2D eigenvalue weighted by atomic mass is 16.5. The number of nitrogens with one attached hydrogen (secondary N) is 1. The van der Waals surface area contributed by atoms with Crippen LogP contribution in [-0.4, -0.2) is 43.2 Å². The molecule has 0 atom stereocenters. The molecule has 0 amide bonds. The zero-order valence-electron chi connectivity index (χ0n) is 11.4. The van der Waals surface area contributed by atoms with E-state index >= 15 is 0 Å². The molecule has 0 radical (unpaired) electrons. The molecule has 1 aromatic rings. The maximum atomic E-state index is 5.91. The third kappa shape index (κ3) is 2.36. The summed E-state index contributed by atoms with van der Waals surface area (Å²) < 4.78 is 5.11. The highest BCUT2D eigenvalue weighted by Crippen LogP contribution is 2.36. The Morgan fingerprint density at radius 2 is 2.17 bits per heavy atom. The number of aromatic nitrogens is 1. The van der Waals surface area contributed by atoms with Gasteiger partial charge in [0.05, 0.1) is 12.8 Å². The Hall–Kier alpha value is -1.49. The van der Waals surface area contributed by atoms with Crippen LogP contribution in [0.5, 0.6) is 5.88 Å². The number of rotatable bonds is 5. The quantitative estimate of drug-likeness (QED) is 0.830. The standard InChI is InChI=1S/C13H22N4O/c1-17(2)13(7-4-8-13)9-15-12-10(14)5-6-11(16-12)18-3/h5-6H,4,7-9,14H2,1-3H3,(H,15,16). The minimum atomic E-state index is 0.247. The number of methoxy groups -OCH3 is 1. The summed E-state index contributed by atoms with van der Waals surface area (Å²) in [4.78, 5) is 6.63. The van der Waals surface area contributed by atoms with Gasteiger partial charge in [-0.3, -0.25) is 0 Å². The molecule has 0 aliphatic heterocycles. The van der Waals surface area contributed by atoms with E-state index in [1.165, 1.54) is 19.3 Å². The van der Waals surface area contributed by atoms with Crippen LogP contribution in [0, 0.1) is 0 Å². The summed E-state index contributed by atoms with van der Waals surface area (Å²) in [6.45, 7) is 0.865. The van der Waals surface area contributed by atoms with Crippen LogP contribution >= 0.6 is 0 Å². The first-order chi connectivity index (χ1) is 8.57. The van der Waals surface area contributed by atoms with E-state index in [2.05, 4.69) is 29.3 Å². The molecular formula is C13H22N4O. The van der Waals surface area contributed by atoms with Gasteiger partial charge in [-0.25, -0.2) is 0 Å². The Kier molecular flexibility index (Phi) is 3.61. The number of anilines is 2. The van der Waals surface area contributed by atoms with Gasteiger partial charge in [-0.15, -0.1) is 0 Å². The molecule has 1 aromatic heterocycles. The summed E-state index contributed by atoms with van der Waals surface area (Å²) in [7, 11) is 5.86. The Bertz CT molecular complexity index is 415. The van der Waals surface area contributed by atoms with Gasteiger partial charge in [0.1, 0.15) is 0 Å². The number of nitrogen functional groups attached to an aromatic ring is 1. The summed E-state index contributed by atoms with van der Waals surface area (Å²) in [6.07, 6.45) is 3.73. The summed E-state index contributed by atoms with van der Waals surface area (Å²) in [5, 5.41) is 3.35. The monoisotopic (exact) mass is 250 g/mol. The molecule has 0 unspecified atom stereocenters. The molecule has 1 aliphatic rings. The molecule has 1 aliphatic carbocycles. The lowest BCUT2D eigenvalue weighted by Gasteiger charge is -2.47. The van der Waals surface area contributed by atoms with E-state index in [-0.39, 0.29) is 5.54 Å². The van der Waals surface area contributed by atoms with E-state index in [1.807, 2.05) is 6.07 Å². The van der Waals surface area contributed by atoms with Crippen molar-refractivity contribution in [2.24, 2.45) is 0 Å². The van der Waals surface area contributed by atoms with E-state index in [0.29, 0.717) is 17.4 Å². The predicted molar refractivity (Wildman–Crippen MR) is 74.0 cm³/mol.